The van der Waals surface area contributed by atoms with Crippen molar-refractivity contribution in [3.63, 3.8) is 0 Å². The molecule has 0 aliphatic heterocycles. The van der Waals surface area contributed by atoms with Crippen LogP contribution < -0.4 is 0 Å². The number of hydrogen-bond donors (Lipinski definition) is 4. The first-order valence-electron chi connectivity index (χ1n) is 9.02. The molecule has 0 heterocycles. The van der Waals surface area contributed by atoms with Crippen LogP contribution in [-0.2, 0) is 6.42 Å². The normalized spacial score (nSPS) is 10.2. The summed E-state index contributed by atoms with van der Waals surface area (Å²) in [6.07, 6.45) is 0.448. The maximum absolute atomic E-state index is 11.1. The Morgan fingerprint density at radius 3 is 1.57 bits per heavy atom. The maximum atomic E-state index is 11.1. The fourth-order valence-electron chi connectivity index (χ4n) is 2.81. The van der Waals surface area contributed by atoms with Gasteiger partial charge in [0.25, 0.3) is 0 Å². The van der Waals surface area contributed by atoms with Crippen molar-refractivity contribution in [2.75, 3.05) is 0 Å². The first kappa shape index (κ1) is 24.4. The van der Waals surface area contributed by atoms with Gasteiger partial charge in [0.2, 0.25) is 0 Å². The third kappa shape index (κ3) is 6.44. The van der Waals surface area contributed by atoms with Gasteiger partial charge in [-0.2, -0.15) is 0 Å². The molecule has 8 heteroatoms. The summed E-state index contributed by atoms with van der Waals surface area (Å²) in [5.41, 5.74) is 1.81. The van der Waals surface area contributed by atoms with Crippen molar-refractivity contribution in [1.82, 2.24) is 0 Å². The minimum Gasteiger partial charge on any atom is -0.478 e. The number of benzene rings is 2. The molecule has 0 amide bonds. The van der Waals surface area contributed by atoms with Gasteiger partial charge in [0.05, 0.1) is 22.3 Å². The summed E-state index contributed by atoms with van der Waals surface area (Å²) >= 11 is 0. The zero-order valence-electron chi connectivity index (χ0n) is 17.1. The fraction of sp³-hybridized carbons (Fsp3) is 0.273. The molecule has 30 heavy (non-hydrogen) atoms. The predicted octanol–water partition coefficient (Wildman–Crippen LogP) is 3.98. The Balaban J connectivity index is 0.000000311. The largest absolute Gasteiger partial charge is 0.478 e. The Labute approximate surface area is 173 Å². The number of carboxylic acid groups (broad SMARTS) is 4. The number of aryl methyl sites for hydroxylation is 2. The van der Waals surface area contributed by atoms with E-state index in [1.54, 1.807) is 13.8 Å². The van der Waals surface area contributed by atoms with Gasteiger partial charge in [-0.25, -0.2) is 19.2 Å². The van der Waals surface area contributed by atoms with Gasteiger partial charge in [-0.1, -0.05) is 19.9 Å². The fourth-order valence-corrected chi connectivity index (χ4v) is 2.81. The Bertz CT molecular complexity index is 954. The van der Waals surface area contributed by atoms with E-state index in [4.69, 9.17) is 20.4 Å². The number of carbonyl (C=O) groups is 4. The lowest BCUT2D eigenvalue weighted by molar-refractivity contribution is 0.0674. The summed E-state index contributed by atoms with van der Waals surface area (Å²) in [5, 5.41) is 35.5. The summed E-state index contributed by atoms with van der Waals surface area (Å²) in [6, 6.07) is 7.05. The predicted molar refractivity (Wildman–Crippen MR) is 109 cm³/mol. The summed E-state index contributed by atoms with van der Waals surface area (Å²) < 4.78 is 0. The zero-order valence-corrected chi connectivity index (χ0v) is 17.1. The van der Waals surface area contributed by atoms with E-state index < -0.39 is 23.9 Å². The van der Waals surface area contributed by atoms with Crippen LogP contribution in [0.3, 0.4) is 0 Å². The van der Waals surface area contributed by atoms with Gasteiger partial charge in [0, 0.05) is 0 Å². The molecule has 0 aliphatic carbocycles. The van der Waals surface area contributed by atoms with E-state index >= 15 is 0 Å². The molecule has 0 saturated heterocycles. The minimum absolute atomic E-state index is 0.0111. The van der Waals surface area contributed by atoms with Crippen LogP contribution >= 0.6 is 0 Å². The molecule has 2 aromatic rings. The quantitative estimate of drug-likeness (QED) is 0.552. The summed E-state index contributed by atoms with van der Waals surface area (Å²) in [5.74, 6) is -4.18. The van der Waals surface area contributed by atoms with Crippen molar-refractivity contribution in [3.05, 3.63) is 69.3 Å². The van der Waals surface area contributed by atoms with Crippen molar-refractivity contribution in [1.29, 1.82) is 0 Å². The molecule has 0 aromatic heterocycles. The lowest BCUT2D eigenvalue weighted by Gasteiger charge is -2.13. The van der Waals surface area contributed by atoms with Crippen LogP contribution in [0.4, 0.5) is 0 Å². The van der Waals surface area contributed by atoms with Gasteiger partial charge < -0.3 is 20.4 Å². The molecule has 0 bridgehead atoms. The van der Waals surface area contributed by atoms with E-state index in [2.05, 4.69) is 0 Å². The van der Waals surface area contributed by atoms with E-state index in [1.807, 2.05) is 13.8 Å². The second-order valence-electron chi connectivity index (χ2n) is 7.19. The number of hydrogen-bond acceptors (Lipinski definition) is 4. The van der Waals surface area contributed by atoms with Crippen LogP contribution in [0.2, 0.25) is 0 Å². The van der Waals surface area contributed by atoms with E-state index in [1.165, 1.54) is 24.3 Å². The lowest BCUT2D eigenvalue weighted by Crippen LogP contribution is -2.12. The summed E-state index contributed by atoms with van der Waals surface area (Å²) in [7, 11) is 0. The van der Waals surface area contributed by atoms with Gasteiger partial charge >= 0.3 is 23.9 Å². The highest BCUT2D eigenvalue weighted by atomic mass is 16.4. The SMILES string of the molecule is Cc1cc(C(=O)O)c(CC(C)C)c(C(=O)O)c1.Cc1ccc(C(=O)O)cc1C(=O)O. The van der Waals surface area contributed by atoms with Crippen LogP contribution in [0.1, 0.15) is 72.0 Å². The molecule has 0 aliphatic rings. The van der Waals surface area contributed by atoms with E-state index in [0.717, 1.165) is 6.07 Å². The average Bonchev–Trinajstić information content (AvgIpc) is 2.62. The highest BCUT2D eigenvalue weighted by Gasteiger charge is 2.19. The van der Waals surface area contributed by atoms with Gasteiger partial charge in [-0.05, 0) is 67.1 Å². The van der Waals surface area contributed by atoms with Crippen molar-refractivity contribution in [2.45, 2.75) is 34.1 Å². The van der Waals surface area contributed by atoms with E-state index in [0.29, 0.717) is 23.1 Å². The van der Waals surface area contributed by atoms with Crippen molar-refractivity contribution >= 4 is 23.9 Å². The molecule has 0 spiro atoms. The number of carboxylic acids is 4. The van der Waals surface area contributed by atoms with Gasteiger partial charge in [-0.3, -0.25) is 0 Å². The Morgan fingerprint density at radius 2 is 1.20 bits per heavy atom. The maximum Gasteiger partial charge on any atom is 0.335 e. The van der Waals surface area contributed by atoms with Crippen LogP contribution in [-0.4, -0.2) is 44.3 Å². The van der Waals surface area contributed by atoms with Crippen LogP contribution in [0.25, 0.3) is 0 Å². The molecule has 0 atom stereocenters. The number of rotatable bonds is 6. The number of aromatic carboxylic acids is 4. The molecular formula is C22H24O8. The summed E-state index contributed by atoms with van der Waals surface area (Å²) in [6.45, 7) is 7.17. The topological polar surface area (TPSA) is 149 Å². The van der Waals surface area contributed by atoms with E-state index in [9.17, 15) is 19.2 Å². The molecule has 4 N–H and O–H groups in total. The summed E-state index contributed by atoms with van der Waals surface area (Å²) in [4.78, 5) is 43.4. The highest BCUT2D eigenvalue weighted by molar-refractivity contribution is 5.97. The Hall–Kier alpha value is -3.68. The molecule has 0 unspecified atom stereocenters. The molecule has 2 aromatic carbocycles. The zero-order chi connectivity index (χ0) is 23.2. The highest BCUT2D eigenvalue weighted by Crippen LogP contribution is 2.21. The lowest BCUT2D eigenvalue weighted by atomic mass is 9.91. The van der Waals surface area contributed by atoms with E-state index in [-0.39, 0.29) is 28.2 Å². The second-order valence-corrected chi connectivity index (χ2v) is 7.19. The van der Waals surface area contributed by atoms with Gasteiger partial charge in [0.1, 0.15) is 0 Å². The first-order chi connectivity index (χ1) is 13.8. The third-order valence-electron chi connectivity index (χ3n) is 4.18. The molecule has 2 rings (SSSR count). The van der Waals surface area contributed by atoms with Gasteiger partial charge in [0.15, 0.2) is 0 Å². The van der Waals surface area contributed by atoms with Crippen LogP contribution in [0.15, 0.2) is 30.3 Å². The smallest absolute Gasteiger partial charge is 0.335 e. The Kier molecular flexibility index (Phi) is 8.28. The van der Waals surface area contributed by atoms with Crippen LogP contribution in [0, 0.1) is 19.8 Å². The Morgan fingerprint density at radius 1 is 0.733 bits per heavy atom. The molecule has 8 nitrogen and oxygen atoms in total. The molecule has 0 saturated carbocycles. The molecule has 160 valence electrons. The standard InChI is InChI=1S/C13H16O4.C9H8O4/c1-7(2)4-9-10(12(14)15)5-8(3)6-11(9)13(16)17;1-5-2-3-6(8(10)11)4-7(5)9(12)13/h5-7H,4H2,1-3H3,(H,14,15)(H,16,17);2-4H,1H3,(H,10,11)(H,12,13). The van der Waals surface area contributed by atoms with Crippen molar-refractivity contribution in [3.8, 4) is 0 Å². The van der Waals surface area contributed by atoms with Crippen LogP contribution in [0.5, 0.6) is 0 Å². The van der Waals surface area contributed by atoms with Gasteiger partial charge in [-0.15, -0.1) is 0 Å². The average molecular weight is 416 g/mol. The molecule has 0 fully saturated rings. The van der Waals surface area contributed by atoms with Crippen molar-refractivity contribution in [2.24, 2.45) is 5.92 Å². The third-order valence-corrected chi connectivity index (χ3v) is 4.18. The second kappa shape index (κ2) is 10.2. The molecular weight excluding hydrogens is 392 g/mol. The van der Waals surface area contributed by atoms with Crippen molar-refractivity contribution < 1.29 is 39.6 Å². The monoisotopic (exact) mass is 416 g/mol. The minimum atomic E-state index is -1.12. The first-order valence-corrected chi connectivity index (χ1v) is 9.02. The molecule has 0 radical (unpaired) electrons.